The molecule has 0 saturated heterocycles. The third-order valence-corrected chi connectivity index (χ3v) is 2.98. The first-order valence-electron chi connectivity index (χ1n) is 6.34. The van der Waals surface area contributed by atoms with Crippen molar-refractivity contribution in [3.05, 3.63) is 59.2 Å². The first-order chi connectivity index (χ1) is 9.63. The van der Waals surface area contributed by atoms with Crippen LogP contribution in [0.2, 0.25) is 0 Å². The van der Waals surface area contributed by atoms with Crippen LogP contribution in [0.3, 0.4) is 0 Å². The molecule has 2 aromatic carbocycles. The van der Waals surface area contributed by atoms with E-state index in [0.717, 1.165) is 18.2 Å². The van der Waals surface area contributed by atoms with E-state index >= 15 is 0 Å². The fourth-order valence-corrected chi connectivity index (χ4v) is 2.04. The lowest BCUT2D eigenvalue weighted by molar-refractivity contribution is 0.624. The molecule has 102 valence electrons. The molecular weight excluding hydrogens is 258 g/mol. The van der Waals surface area contributed by atoms with Crippen LogP contribution in [-0.4, -0.2) is 6.54 Å². The van der Waals surface area contributed by atoms with Crippen molar-refractivity contribution in [1.82, 2.24) is 5.32 Å². The number of hydrogen-bond acceptors (Lipinski definition) is 2. The lowest BCUT2D eigenvalue weighted by atomic mass is 9.97. The lowest BCUT2D eigenvalue weighted by Crippen LogP contribution is -2.12. The molecule has 0 aliphatic rings. The van der Waals surface area contributed by atoms with Gasteiger partial charge in [-0.2, -0.15) is 5.26 Å². The fraction of sp³-hybridized carbons (Fsp3) is 0.188. The Labute approximate surface area is 116 Å². The van der Waals surface area contributed by atoms with Crippen LogP contribution in [0.15, 0.2) is 36.4 Å². The molecule has 0 aliphatic heterocycles. The Balaban J connectivity index is 2.53. The summed E-state index contributed by atoms with van der Waals surface area (Å²) in [5, 5.41) is 12.1. The quantitative estimate of drug-likeness (QED) is 0.922. The molecule has 2 rings (SSSR count). The minimum absolute atomic E-state index is 0.221. The van der Waals surface area contributed by atoms with Gasteiger partial charge in [-0.15, -0.1) is 0 Å². The van der Waals surface area contributed by atoms with Gasteiger partial charge in [0.15, 0.2) is 0 Å². The van der Waals surface area contributed by atoms with Gasteiger partial charge in [0.2, 0.25) is 0 Å². The number of halogens is 2. The van der Waals surface area contributed by atoms with E-state index in [1.165, 1.54) is 18.2 Å². The van der Waals surface area contributed by atoms with Gasteiger partial charge < -0.3 is 5.32 Å². The third-order valence-electron chi connectivity index (χ3n) is 2.98. The molecule has 0 radical (unpaired) electrons. The highest BCUT2D eigenvalue weighted by Crippen LogP contribution is 2.26. The first-order valence-corrected chi connectivity index (χ1v) is 6.34. The molecule has 2 nitrogen and oxygen atoms in total. The van der Waals surface area contributed by atoms with Crippen LogP contribution < -0.4 is 5.32 Å². The zero-order valence-corrected chi connectivity index (χ0v) is 11.1. The molecule has 0 atom stereocenters. The predicted octanol–water partition coefficient (Wildman–Crippen LogP) is 3.61. The average molecular weight is 272 g/mol. The van der Waals surface area contributed by atoms with Crippen LogP contribution in [0.5, 0.6) is 0 Å². The molecule has 0 aliphatic carbocycles. The molecule has 0 unspecified atom stereocenters. The summed E-state index contributed by atoms with van der Waals surface area (Å²) >= 11 is 0. The van der Waals surface area contributed by atoms with E-state index in [1.807, 2.05) is 13.0 Å². The monoisotopic (exact) mass is 272 g/mol. The maximum atomic E-state index is 13.5. The fourth-order valence-electron chi connectivity index (χ4n) is 2.04. The van der Waals surface area contributed by atoms with Gasteiger partial charge in [0.05, 0.1) is 11.6 Å². The number of hydrogen-bond donors (Lipinski definition) is 1. The normalized spacial score (nSPS) is 10.3. The van der Waals surface area contributed by atoms with Crippen LogP contribution >= 0.6 is 0 Å². The van der Waals surface area contributed by atoms with Crippen LogP contribution in [0.4, 0.5) is 8.78 Å². The van der Waals surface area contributed by atoms with Gasteiger partial charge in [-0.3, -0.25) is 0 Å². The molecule has 2 aromatic rings. The second kappa shape index (κ2) is 6.27. The lowest BCUT2D eigenvalue weighted by Gasteiger charge is -2.11. The summed E-state index contributed by atoms with van der Waals surface area (Å²) in [5.74, 6) is -0.888. The molecular formula is C16H14F2N2. The van der Waals surface area contributed by atoms with Gasteiger partial charge >= 0.3 is 0 Å². The standard InChI is InChI=1S/C16H14F2N2/c1-2-20-10-12-3-4-14(17)8-16(12)13-5-11(9-19)6-15(18)7-13/h3-8,20H,2,10H2,1H3. The number of benzene rings is 2. The van der Waals surface area contributed by atoms with Crippen LogP contribution in [-0.2, 0) is 6.54 Å². The van der Waals surface area contributed by atoms with Gasteiger partial charge in [0.1, 0.15) is 11.6 Å². The summed E-state index contributed by atoms with van der Waals surface area (Å²) in [6.45, 7) is 3.31. The Morgan fingerprint density at radius 1 is 1.10 bits per heavy atom. The Bertz CT molecular complexity index is 660. The highest BCUT2D eigenvalue weighted by atomic mass is 19.1. The average Bonchev–Trinajstić information content (AvgIpc) is 2.45. The van der Waals surface area contributed by atoms with Crippen molar-refractivity contribution >= 4 is 0 Å². The van der Waals surface area contributed by atoms with Gasteiger partial charge in [-0.05, 0) is 53.6 Å². The van der Waals surface area contributed by atoms with Crippen LogP contribution in [0, 0.1) is 23.0 Å². The van der Waals surface area contributed by atoms with Crippen LogP contribution in [0.25, 0.3) is 11.1 Å². The van der Waals surface area contributed by atoms with Gasteiger partial charge in [0, 0.05) is 6.54 Å². The van der Waals surface area contributed by atoms with Gasteiger partial charge in [-0.1, -0.05) is 13.0 Å². The second-order valence-corrected chi connectivity index (χ2v) is 4.42. The van der Waals surface area contributed by atoms with Crippen molar-refractivity contribution in [1.29, 1.82) is 5.26 Å². The van der Waals surface area contributed by atoms with E-state index in [2.05, 4.69) is 5.32 Å². The maximum absolute atomic E-state index is 13.5. The summed E-state index contributed by atoms with van der Waals surface area (Å²) in [7, 11) is 0. The Morgan fingerprint density at radius 3 is 2.60 bits per heavy atom. The topological polar surface area (TPSA) is 35.8 Å². The zero-order chi connectivity index (χ0) is 14.5. The van der Waals surface area contributed by atoms with E-state index in [4.69, 9.17) is 5.26 Å². The summed E-state index contributed by atoms with van der Waals surface area (Å²) in [6.07, 6.45) is 0. The van der Waals surface area contributed by atoms with Crippen LogP contribution in [0.1, 0.15) is 18.1 Å². The number of rotatable bonds is 4. The highest BCUT2D eigenvalue weighted by Gasteiger charge is 2.09. The van der Waals surface area contributed by atoms with E-state index in [0.29, 0.717) is 17.7 Å². The van der Waals surface area contributed by atoms with E-state index in [9.17, 15) is 8.78 Å². The molecule has 0 saturated carbocycles. The molecule has 0 amide bonds. The van der Waals surface area contributed by atoms with Crippen molar-refractivity contribution in [3.8, 4) is 17.2 Å². The Kier molecular flexibility index (Phi) is 4.44. The summed E-state index contributed by atoms with van der Waals surface area (Å²) in [6, 6.07) is 10.3. The largest absolute Gasteiger partial charge is 0.313 e. The first kappa shape index (κ1) is 14.2. The molecule has 0 spiro atoms. The Morgan fingerprint density at radius 2 is 1.90 bits per heavy atom. The third kappa shape index (κ3) is 3.19. The maximum Gasteiger partial charge on any atom is 0.125 e. The zero-order valence-electron chi connectivity index (χ0n) is 11.1. The smallest absolute Gasteiger partial charge is 0.125 e. The van der Waals surface area contributed by atoms with Crippen molar-refractivity contribution in [2.24, 2.45) is 0 Å². The molecule has 20 heavy (non-hydrogen) atoms. The predicted molar refractivity (Wildman–Crippen MR) is 73.9 cm³/mol. The summed E-state index contributed by atoms with van der Waals surface area (Å²) in [5.41, 5.74) is 2.19. The van der Waals surface area contributed by atoms with Crippen molar-refractivity contribution in [2.75, 3.05) is 6.54 Å². The van der Waals surface area contributed by atoms with E-state index in [-0.39, 0.29) is 11.4 Å². The minimum Gasteiger partial charge on any atom is -0.313 e. The minimum atomic E-state index is -0.502. The molecule has 0 fully saturated rings. The van der Waals surface area contributed by atoms with Gasteiger partial charge in [-0.25, -0.2) is 8.78 Å². The molecule has 0 bridgehead atoms. The number of nitrogens with one attached hydrogen (secondary N) is 1. The molecule has 0 aromatic heterocycles. The summed E-state index contributed by atoms with van der Waals surface area (Å²) in [4.78, 5) is 0. The van der Waals surface area contributed by atoms with E-state index < -0.39 is 5.82 Å². The molecule has 0 heterocycles. The SMILES string of the molecule is CCNCc1ccc(F)cc1-c1cc(F)cc(C#N)c1. The Hall–Kier alpha value is -2.25. The second-order valence-electron chi connectivity index (χ2n) is 4.42. The number of nitrogens with zero attached hydrogens (tertiary/aromatic N) is 1. The van der Waals surface area contributed by atoms with Crippen molar-refractivity contribution < 1.29 is 8.78 Å². The molecule has 4 heteroatoms. The summed E-state index contributed by atoms with van der Waals surface area (Å²) < 4.78 is 27.0. The van der Waals surface area contributed by atoms with Crippen molar-refractivity contribution in [2.45, 2.75) is 13.5 Å². The van der Waals surface area contributed by atoms with Crippen molar-refractivity contribution in [3.63, 3.8) is 0 Å². The van der Waals surface area contributed by atoms with E-state index in [1.54, 1.807) is 12.1 Å². The molecule has 1 N–H and O–H groups in total. The highest BCUT2D eigenvalue weighted by molar-refractivity contribution is 5.69. The number of nitriles is 1. The van der Waals surface area contributed by atoms with Gasteiger partial charge in [0.25, 0.3) is 0 Å².